The van der Waals surface area contributed by atoms with Crippen molar-refractivity contribution in [2.75, 3.05) is 0 Å². The molecule has 1 aromatic heterocycles. The largest absolute Gasteiger partial charge is 0.288 e. The number of hydrogen-bond donors (Lipinski definition) is 0. The molecule has 2 aromatic rings. The number of rotatable bonds is 0. The first-order valence-electron chi connectivity index (χ1n) is 5.55. The van der Waals surface area contributed by atoms with E-state index in [-0.39, 0.29) is 27.0 Å². The van der Waals surface area contributed by atoms with Crippen LogP contribution in [0.15, 0.2) is 28.5 Å². The average molecular weight is 313 g/mol. The Bertz CT molecular complexity index is 803. The van der Waals surface area contributed by atoms with Crippen molar-refractivity contribution in [2.24, 2.45) is 0 Å². The quantitative estimate of drug-likeness (QED) is 0.750. The van der Waals surface area contributed by atoms with Crippen LogP contribution in [0.1, 0.15) is 26.4 Å². The molecule has 3 nitrogen and oxygen atoms in total. The van der Waals surface area contributed by atoms with Gasteiger partial charge in [0, 0.05) is 5.56 Å². The van der Waals surface area contributed by atoms with Crippen LogP contribution in [0.2, 0.25) is 5.02 Å². The minimum Gasteiger partial charge on any atom is -0.288 e. The summed E-state index contributed by atoms with van der Waals surface area (Å²) in [5.41, 5.74) is 1.41. The number of aryl methyl sites for hydroxylation is 1. The molecule has 0 saturated carbocycles. The van der Waals surface area contributed by atoms with Gasteiger partial charge in [0.15, 0.2) is 9.84 Å². The molecule has 2 heterocycles. The van der Waals surface area contributed by atoms with Crippen LogP contribution in [-0.4, -0.2) is 14.2 Å². The van der Waals surface area contributed by atoms with Crippen LogP contribution >= 0.6 is 22.9 Å². The van der Waals surface area contributed by atoms with E-state index in [1.807, 2.05) is 0 Å². The number of carbonyl (C=O) groups excluding carboxylic acids is 1. The Morgan fingerprint density at radius 1 is 1.26 bits per heavy atom. The van der Waals surface area contributed by atoms with Crippen LogP contribution in [0.5, 0.6) is 0 Å². The van der Waals surface area contributed by atoms with E-state index in [9.17, 15) is 13.2 Å². The van der Waals surface area contributed by atoms with E-state index in [4.69, 9.17) is 11.6 Å². The highest BCUT2D eigenvalue weighted by Gasteiger charge is 2.34. The Balaban J connectivity index is 2.48. The van der Waals surface area contributed by atoms with Crippen molar-refractivity contribution in [3.63, 3.8) is 0 Å². The van der Waals surface area contributed by atoms with Gasteiger partial charge in [-0.05, 0) is 35.6 Å². The SMILES string of the molecule is Cc1ccc(Cl)c2c1C(=O)c1sccc1CS2(=O)=O. The highest BCUT2D eigenvalue weighted by molar-refractivity contribution is 7.91. The van der Waals surface area contributed by atoms with Crippen molar-refractivity contribution < 1.29 is 13.2 Å². The molecular weight excluding hydrogens is 304 g/mol. The standard InChI is InChI=1S/C13H9ClO3S2/c1-7-2-3-9(14)13-10(7)11(15)12-8(4-5-18-12)6-19(13,16)17/h2-5H,6H2,1H3. The van der Waals surface area contributed by atoms with E-state index in [1.165, 1.54) is 17.4 Å². The van der Waals surface area contributed by atoms with Gasteiger partial charge >= 0.3 is 0 Å². The number of halogens is 1. The predicted molar refractivity (Wildman–Crippen MR) is 74.8 cm³/mol. The molecule has 1 aromatic carbocycles. The van der Waals surface area contributed by atoms with Crippen LogP contribution in [0.3, 0.4) is 0 Å². The maximum atomic E-state index is 12.5. The lowest BCUT2D eigenvalue weighted by molar-refractivity contribution is 0.103. The zero-order valence-electron chi connectivity index (χ0n) is 9.94. The van der Waals surface area contributed by atoms with Crippen LogP contribution < -0.4 is 0 Å². The van der Waals surface area contributed by atoms with Gasteiger partial charge < -0.3 is 0 Å². The summed E-state index contributed by atoms with van der Waals surface area (Å²) in [6, 6.07) is 4.89. The summed E-state index contributed by atoms with van der Waals surface area (Å²) in [5, 5.41) is 1.85. The normalized spacial score (nSPS) is 16.6. The summed E-state index contributed by atoms with van der Waals surface area (Å²) < 4.78 is 24.9. The van der Waals surface area contributed by atoms with E-state index in [0.717, 1.165) is 0 Å². The molecule has 0 fully saturated rings. The van der Waals surface area contributed by atoms with Crippen LogP contribution in [-0.2, 0) is 15.6 Å². The Morgan fingerprint density at radius 2 is 2.00 bits per heavy atom. The lowest BCUT2D eigenvalue weighted by Crippen LogP contribution is -2.09. The Kier molecular flexibility index (Phi) is 2.81. The molecule has 6 heteroatoms. The summed E-state index contributed by atoms with van der Waals surface area (Å²) in [4.78, 5) is 13.0. The van der Waals surface area contributed by atoms with E-state index >= 15 is 0 Å². The number of sulfone groups is 1. The Morgan fingerprint density at radius 3 is 2.74 bits per heavy atom. The molecule has 0 radical (unpaired) electrons. The minimum atomic E-state index is -3.59. The van der Waals surface area contributed by atoms with Crippen molar-refractivity contribution in [1.29, 1.82) is 0 Å². The van der Waals surface area contributed by atoms with E-state index in [2.05, 4.69) is 0 Å². The fourth-order valence-corrected chi connectivity index (χ4v) is 5.48. The zero-order valence-corrected chi connectivity index (χ0v) is 12.3. The van der Waals surface area contributed by atoms with Gasteiger partial charge in [0.1, 0.15) is 0 Å². The number of benzene rings is 1. The maximum absolute atomic E-state index is 12.5. The molecule has 0 bridgehead atoms. The van der Waals surface area contributed by atoms with Crippen LogP contribution in [0, 0.1) is 6.92 Å². The number of ketones is 1. The first-order chi connectivity index (χ1) is 8.92. The predicted octanol–water partition coefficient (Wildman–Crippen LogP) is 3.23. The molecule has 98 valence electrons. The molecule has 19 heavy (non-hydrogen) atoms. The van der Waals surface area contributed by atoms with E-state index < -0.39 is 9.84 Å². The molecule has 1 aliphatic heterocycles. The lowest BCUT2D eigenvalue weighted by atomic mass is 10.0. The number of hydrogen-bond acceptors (Lipinski definition) is 4. The molecule has 0 unspecified atom stereocenters. The molecule has 0 spiro atoms. The summed E-state index contributed by atoms with van der Waals surface area (Å²) in [5.74, 6) is -0.422. The Labute approximate surface area is 119 Å². The fraction of sp³-hybridized carbons (Fsp3) is 0.154. The van der Waals surface area contributed by atoms with Crippen LogP contribution in [0.4, 0.5) is 0 Å². The van der Waals surface area contributed by atoms with Gasteiger partial charge in [-0.15, -0.1) is 11.3 Å². The van der Waals surface area contributed by atoms with Gasteiger partial charge in [-0.25, -0.2) is 8.42 Å². The van der Waals surface area contributed by atoms with Gasteiger partial charge in [-0.2, -0.15) is 0 Å². The number of fused-ring (bicyclic) bond motifs is 2. The van der Waals surface area contributed by atoms with Crippen molar-refractivity contribution >= 4 is 38.6 Å². The first-order valence-corrected chi connectivity index (χ1v) is 8.46. The summed E-state index contributed by atoms with van der Waals surface area (Å²) in [6.45, 7) is 1.72. The van der Waals surface area contributed by atoms with Crippen molar-refractivity contribution in [2.45, 2.75) is 17.6 Å². The van der Waals surface area contributed by atoms with Gasteiger partial charge in [-0.1, -0.05) is 17.7 Å². The third-order valence-electron chi connectivity index (χ3n) is 3.15. The van der Waals surface area contributed by atoms with Gasteiger partial charge in [0.2, 0.25) is 5.78 Å². The minimum absolute atomic E-state index is 0.0254. The van der Waals surface area contributed by atoms with Gasteiger partial charge in [0.25, 0.3) is 0 Å². The smallest absolute Gasteiger partial charge is 0.204 e. The second-order valence-corrected chi connectivity index (χ2v) is 7.68. The van der Waals surface area contributed by atoms with E-state index in [0.29, 0.717) is 16.0 Å². The zero-order chi connectivity index (χ0) is 13.8. The maximum Gasteiger partial charge on any atom is 0.204 e. The molecule has 0 N–H and O–H groups in total. The lowest BCUT2D eigenvalue weighted by Gasteiger charge is -2.10. The molecule has 0 amide bonds. The molecular formula is C13H9ClO3S2. The molecule has 0 saturated heterocycles. The number of carbonyl (C=O) groups is 1. The molecule has 0 aliphatic carbocycles. The van der Waals surface area contributed by atoms with Crippen LogP contribution in [0.25, 0.3) is 0 Å². The number of thiophene rings is 1. The van der Waals surface area contributed by atoms with Crippen molar-refractivity contribution in [3.8, 4) is 0 Å². The summed E-state index contributed by atoms with van der Waals surface area (Å²) in [7, 11) is -3.59. The third-order valence-corrected chi connectivity index (χ3v) is 6.27. The monoisotopic (exact) mass is 312 g/mol. The fourth-order valence-electron chi connectivity index (χ4n) is 2.28. The summed E-state index contributed by atoms with van der Waals surface area (Å²) in [6.07, 6.45) is 0. The summed E-state index contributed by atoms with van der Waals surface area (Å²) >= 11 is 7.29. The highest BCUT2D eigenvalue weighted by Crippen LogP contribution is 2.37. The second kappa shape index (κ2) is 4.16. The van der Waals surface area contributed by atoms with E-state index in [1.54, 1.807) is 24.4 Å². The molecule has 3 rings (SSSR count). The average Bonchev–Trinajstić information content (AvgIpc) is 2.74. The highest BCUT2D eigenvalue weighted by atomic mass is 35.5. The Hall–Kier alpha value is -1.17. The van der Waals surface area contributed by atoms with Gasteiger partial charge in [-0.3, -0.25) is 4.79 Å². The molecule has 1 aliphatic rings. The van der Waals surface area contributed by atoms with Gasteiger partial charge in [0.05, 0.1) is 20.5 Å². The second-order valence-electron chi connectivity index (χ2n) is 4.43. The molecule has 0 atom stereocenters. The van der Waals surface area contributed by atoms with Crippen molar-refractivity contribution in [3.05, 3.63) is 50.2 Å². The van der Waals surface area contributed by atoms with Crippen molar-refractivity contribution in [1.82, 2.24) is 0 Å². The first kappa shape index (κ1) is 12.8. The topological polar surface area (TPSA) is 51.2 Å². The third kappa shape index (κ3) is 1.84.